The predicted molar refractivity (Wildman–Crippen MR) is 215 cm³/mol. The van der Waals surface area contributed by atoms with E-state index in [-0.39, 0.29) is 23.9 Å². The molecule has 4 unspecified atom stereocenters. The zero-order chi connectivity index (χ0) is 35.3. The Hall–Kier alpha value is -6.40. The zero-order valence-electron chi connectivity index (χ0n) is 29.7. The first kappa shape index (κ1) is 30.1. The maximum Gasteiger partial charge on any atom is 0.115 e. The highest BCUT2D eigenvalue weighted by Crippen LogP contribution is 2.60. The fourth-order valence-corrected chi connectivity index (χ4v) is 10.5. The van der Waals surface area contributed by atoms with E-state index < -0.39 is 0 Å². The van der Waals surface area contributed by atoms with Gasteiger partial charge < -0.3 is 9.80 Å². The second-order valence-corrected chi connectivity index (χ2v) is 15.3. The first-order chi connectivity index (χ1) is 26.8. The summed E-state index contributed by atoms with van der Waals surface area (Å²) in [6.45, 7) is 0. The molecule has 4 atom stereocenters. The van der Waals surface area contributed by atoms with E-state index in [1.54, 1.807) is 12.7 Å². The van der Waals surface area contributed by atoms with E-state index in [4.69, 9.17) is 0 Å². The van der Waals surface area contributed by atoms with Crippen LogP contribution in [0.3, 0.4) is 0 Å². The van der Waals surface area contributed by atoms with E-state index in [0.717, 1.165) is 36.8 Å². The van der Waals surface area contributed by atoms with Crippen molar-refractivity contribution in [3.8, 4) is 11.1 Å². The molecule has 6 aromatic rings. The summed E-state index contributed by atoms with van der Waals surface area (Å²) < 4.78 is 0. The molecule has 0 spiro atoms. The minimum atomic E-state index is 0.205. The topological polar surface area (TPSA) is 58.0 Å². The highest BCUT2D eigenvalue weighted by Gasteiger charge is 2.46. The monoisotopic (exact) mass is 696 g/mol. The van der Waals surface area contributed by atoms with Crippen molar-refractivity contribution < 1.29 is 0 Å². The lowest BCUT2D eigenvalue weighted by Gasteiger charge is -2.36. The second-order valence-electron chi connectivity index (χ2n) is 15.3. The van der Waals surface area contributed by atoms with Crippen LogP contribution in [0.5, 0.6) is 0 Å². The van der Waals surface area contributed by atoms with Crippen LogP contribution in [0.4, 0.5) is 22.7 Å². The summed E-state index contributed by atoms with van der Waals surface area (Å²) in [6.07, 6.45) is 29.4. The van der Waals surface area contributed by atoms with Gasteiger partial charge >= 0.3 is 0 Å². The quantitative estimate of drug-likeness (QED) is 0.183. The van der Waals surface area contributed by atoms with Gasteiger partial charge in [0, 0.05) is 70.5 Å². The van der Waals surface area contributed by atoms with Crippen LogP contribution in [-0.4, -0.2) is 32.0 Å². The van der Waals surface area contributed by atoms with Gasteiger partial charge in [0.1, 0.15) is 12.7 Å². The van der Waals surface area contributed by atoms with E-state index in [1.807, 2.05) is 24.8 Å². The molecule has 0 amide bonds. The number of para-hydroxylation sites is 2. The van der Waals surface area contributed by atoms with Gasteiger partial charge in [0.15, 0.2) is 0 Å². The van der Waals surface area contributed by atoms with Gasteiger partial charge in [0.25, 0.3) is 0 Å². The van der Waals surface area contributed by atoms with Crippen molar-refractivity contribution in [2.75, 3.05) is 9.80 Å². The van der Waals surface area contributed by atoms with E-state index >= 15 is 0 Å². The average molecular weight is 697 g/mol. The van der Waals surface area contributed by atoms with Gasteiger partial charge in [-0.1, -0.05) is 85.0 Å². The molecule has 258 valence electrons. The Morgan fingerprint density at radius 1 is 0.500 bits per heavy atom. The molecule has 6 nitrogen and oxygen atoms in total. The molecular weight excluding hydrogens is 661 g/mol. The third-order valence-electron chi connectivity index (χ3n) is 12.6. The first-order valence-electron chi connectivity index (χ1n) is 19.2. The van der Waals surface area contributed by atoms with Crippen LogP contribution < -0.4 is 9.80 Å². The smallest absolute Gasteiger partial charge is 0.115 e. The molecule has 0 radical (unpaired) electrons. The van der Waals surface area contributed by atoms with Crippen molar-refractivity contribution in [3.05, 3.63) is 191 Å². The van der Waals surface area contributed by atoms with Crippen molar-refractivity contribution in [1.29, 1.82) is 0 Å². The molecule has 54 heavy (non-hydrogen) atoms. The Kier molecular flexibility index (Phi) is 6.44. The number of hydrogen-bond acceptors (Lipinski definition) is 6. The van der Waals surface area contributed by atoms with E-state index in [9.17, 15) is 0 Å². The number of allylic oxidation sites excluding steroid dienone is 4. The van der Waals surface area contributed by atoms with E-state index in [0.29, 0.717) is 0 Å². The zero-order valence-corrected chi connectivity index (χ0v) is 29.7. The Morgan fingerprint density at radius 3 is 1.35 bits per heavy atom. The summed E-state index contributed by atoms with van der Waals surface area (Å²) in [7, 11) is 0. The summed E-state index contributed by atoms with van der Waals surface area (Å²) in [6, 6.07) is 27.7. The van der Waals surface area contributed by atoms with Crippen molar-refractivity contribution >= 4 is 33.9 Å². The second kappa shape index (κ2) is 11.5. The number of fused-ring (bicyclic) bond motifs is 8. The maximum atomic E-state index is 4.34. The van der Waals surface area contributed by atoms with Gasteiger partial charge in [-0.3, -0.25) is 0 Å². The number of nitrogens with zero attached hydrogens (tertiary/aromatic N) is 6. The van der Waals surface area contributed by atoms with Crippen LogP contribution in [-0.2, 0) is 25.7 Å². The molecular formula is C48H36N6. The summed E-state index contributed by atoms with van der Waals surface area (Å²) in [5.41, 5.74) is 21.8. The molecule has 0 N–H and O–H groups in total. The molecule has 0 bridgehead atoms. The normalized spacial score (nSPS) is 22.1. The molecule has 6 aliphatic rings. The minimum Gasteiger partial charge on any atom is -0.333 e. The van der Waals surface area contributed by atoms with Gasteiger partial charge in [-0.25, -0.2) is 19.9 Å². The molecule has 4 aromatic carbocycles. The lowest BCUT2D eigenvalue weighted by Crippen LogP contribution is -2.30. The SMILES string of the molecule is C1=CC2C(C=C1c1cncnc1)c1cc3c4c(c1N2c1ccccc1)CCc1cc2c(c(c1-4)CC3)N(c1ccccc1)C1C=CC(c3cncnc3)=CC21. The summed E-state index contributed by atoms with van der Waals surface area (Å²) >= 11 is 0. The molecule has 4 aliphatic carbocycles. The number of aryl methyl sites for hydroxylation is 2. The number of rotatable bonds is 4. The molecule has 2 aromatic heterocycles. The lowest BCUT2D eigenvalue weighted by molar-refractivity contribution is 0.744. The molecule has 2 aliphatic heterocycles. The minimum absolute atomic E-state index is 0.205. The van der Waals surface area contributed by atoms with Gasteiger partial charge in [-0.2, -0.15) is 0 Å². The van der Waals surface area contributed by atoms with Crippen molar-refractivity contribution in [3.63, 3.8) is 0 Å². The summed E-state index contributed by atoms with van der Waals surface area (Å²) in [5.74, 6) is 0.480. The van der Waals surface area contributed by atoms with E-state index in [1.165, 1.54) is 78.4 Å². The van der Waals surface area contributed by atoms with Crippen LogP contribution in [0.1, 0.15) is 56.3 Å². The van der Waals surface area contributed by atoms with Crippen molar-refractivity contribution in [1.82, 2.24) is 19.9 Å². The van der Waals surface area contributed by atoms with Crippen LogP contribution in [0.15, 0.2) is 147 Å². The Bertz CT molecular complexity index is 2440. The van der Waals surface area contributed by atoms with Gasteiger partial charge in [0.05, 0.1) is 12.1 Å². The fraction of sp³-hybridized carbons (Fsp3) is 0.167. The van der Waals surface area contributed by atoms with Gasteiger partial charge in [-0.15, -0.1) is 0 Å². The van der Waals surface area contributed by atoms with Crippen LogP contribution in [0.2, 0.25) is 0 Å². The van der Waals surface area contributed by atoms with Gasteiger partial charge in [0.2, 0.25) is 0 Å². The van der Waals surface area contributed by atoms with E-state index in [2.05, 4.69) is 139 Å². The number of hydrogen-bond donors (Lipinski definition) is 0. The Morgan fingerprint density at radius 2 is 0.926 bits per heavy atom. The third kappa shape index (κ3) is 4.28. The van der Waals surface area contributed by atoms with Crippen molar-refractivity contribution in [2.24, 2.45) is 0 Å². The Balaban J connectivity index is 1.07. The predicted octanol–water partition coefficient (Wildman–Crippen LogP) is 9.65. The lowest BCUT2D eigenvalue weighted by atomic mass is 9.71. The molecule has 0 saturated carbocycles. The van der Waals surface area contributed by atoms with Gasteiger partial charge in [-0.05, 0) is 106 Å². The molecule has 12 rings (SSSR count). The number of aromatic nitrogens is 4. The first-order valence-corrected chi connectivity index (χ1v) is 19.2. The average Bonchev–Trinajstić information content (AvgIpc) is 3.75. The van der Waals surface area contributed by atoms with Crippen LogP contribution in [0, 0.1) is 0 Å². The van der Waals surface area contributed by atoms with Crippen LogP contribution in [0.25, 0.3) is 22.3 Å². The third-order valence-corrected chi connectivity index (χ3v) is 12.6. The summed E-state index contributed by atoms with van der Waals surface area (Å²) in [4.78, 5) is 22.7. The summed E-state index contributed by atoms with van der Waals surface area (Å²) in [5, 5.41) is 0. The fourth-order valence-electron chi connectivity index (χ4n) is 10.5. The molecule has 4 heterocycles. The largest absolute Gasteiger partial charge is 0.333 e. The highest BCUT2D eigenvalue weighted by atomic mass is 15.2. The number of benzene rings is 4. The highest BCUT2D eigenvalue weighted by molar-refractivity contribution is 5.96. The van der Waals surface area contributed by atoms with Crippen LogP contribution >= 0.6 is 0 Å². The maximum absolute atomic E-state index is 4.34. The molecule has 0 fully saturated rings. The standard InChI is InChI=1S/C48H36N6/c1-3-7-35(8-4-1)53-43-17-13-29(33-23-49-27-50-24-33)19-39(43)41-21-31-12-16-38-46-32(11-15-37(45(31)46)47(41)53)22-42-40-20-30(34-25-51-28-52-26-34)14-18-44(40)54(48(38)42)36-9-5-2-6-10-36/h1-10,13-14,17-28,39-40,43-44H,11-12,15-16H2. The molecule has 6 heteroatoms. The van der Waals surface area contributed by atoms with Crippen molar-refractivity contribution in [2.45, 2.75) is 49.6 Å². The Labute approximate surface area is 314 Å². The molecule has 0 saturated heterocycles. The number of anilines is 4.